The minimum Gasteiger partial charge on any atom is -0.171 e. The van der Waals surface area contributed by atoms with Crippen molar-refractivity contribution >= 4 is 0 Å². The molecular weight excluding hydrogens is 537 g/mol. The quantitative estimate of drug-likeness (QED) is 0.0759. The highest BCUT2D eigenvalue weighted by atomic mass is 19.4. The van der Waals surface area contributed by atoms with Gasteiger partial charge < -0.3 is 0 Å². The molecule has 0 unspecified atom stereocenters. The Balaban J connectivity index is 1.25. The number of unbranched alkanes of at least 4 members (excludes halogenated alkanes) is 17. The Morgan fingerprint density at radius 3 is 0.791 bits per heavy atom. The largest absolute Gasteiger partial charge is 0.389 e. The Bertz CT molecular complexity index is 962. The third-order valence-corrected chi connectivity index (χ3v) is 9.06. The molecule has 0 aromatic heterocycles. The van der Waals surface area contributed by atoms with Crippen LogP contribution in [0.3, 0.4) is 0 Å². The third-order valence-electron chi connectivity index (χ3n) is 9.06. The second-order valence-electron chi connectivity index (χ2n) is 12.5. The molecule has 3 aromatic carbocycles. The Morgan fingerprint density at radius 1 is 0.302 bits per heavy atom. The summed E-state index contributed by atoms with van der Waals surface area (Å²) in [4.78, 5) is 0. The molecule has 0 N–H and O–H groups in total. The molecule has 0 amide bonds. The lowest BCUT2D eigenvalue weighted by Crippen LogP contribution is -2.29. The number of rotatable bonds is 23. The van der Waals surface area contributed by atoms with E-state index in [0.29, 0.717) is 6.42 Å². The highest BCUT2D eigenvalue weighted by molar-refractivity contribution is 5.50. The lowest BCUT2D eigenvalue weighted by atomic mass is 9.66. The van der Waals surface area contributed by atoms with Crippen molar-refractivity contribution in [1.82, 2.24) is 0 Å². The van der Waals surface area contributed by atoms with Crippen LogP contribution in [-0.2, 0) is 5.41 Å². The second kappa shape index (κ2) is 20.4. The van der Waals surface area contributed by atoms with Crippen molar-refractivity contribution in [1.29, 1.82) is 0 Å². The summed E-state index contributed by atoms with van der Waals surface area (Å²) < 4.78 is 36.4. The molecule has 0 nitrogen and oxygen atoms in total. The van der Waals surface area contributed by atoms with Crippen molar-refractivity contribution in [2.75, 3.05) is 0 Å². The number of halogens is 3. The molecule has 0 aliphatic carbocycles. The maximum atomic E-state index is 12.1. The molecule has 0 saturated carbocycles. The summed E-state index contributed by atoms with van der Waals surface area (Å²) >= 11 is 0. The van der Waals surface area contributed by atoms with Gasteiger partial charge in [0, 0.05) is 11.8 Å². The molecule has 3 rings (SSSR count). The Hall–Kier alpha value is -2.55. The van der Waals surface area contributed by atoms with Crippen LogP contribution in [0.5, 0.6) is 0 Å². The van der Waals surface area contributed by atoms with Crippen molar-refractivity contribution < 1.29 is 13.2 Å². The van der Waals surface area contributed by atoms with E-state index in [-0.39, 0.29) is 5.41 Å². The number of benzene rings is 3. The summed E-state index contributed by atoms with van der Waals surface area (Å²) in [6, 6.07) is 33.2. The molecule has 3 aromatic rings. The number of hydrogen-bond acceptors (Lipinski definition) is 0. The van der Waals surface area contributed by atoms with Crippen molar-refractivity contribution in [3.05, 3.63) is 108 Å². The first-order chi connectivity index (χ1) is 21.0. The van der Waals surface area contributed by atoms with Crippen LogP contribution in [0.4, 0.5) is 13.2 Å². The van der Waals surface area contributed by atoms with E-state index in [1.165, 1.54) is 107 Å². The van der Waals surface area contributed by atoms with Gasteiger partial charge in [-0.15, -0.1) is 0 Å². The van der Waals surface area contributed by atoms with Crippen LogP contribution in [0, 0.1) is 0 Å². The van der Waals surface area contributed by atoms with Gasteiger partial charge in [-0.3, -0.25) is 0 Å². The lowest BCUT2D eigenvalue weighted by Gasteiger charge is -2.36. The van der Waals surface area contributed by atoms with Crippen molar-refractivity contribution in [3.63, 3.8) is 0 Å². The highest BCUT2D eigenvalue weighted by Gasteiger charge is 2.35. The van der Waals surface area contributed by atoms with Crippen molar-refractivity contribution in [2.24, 2.45) is 0 Å². The smallest absolute Gasteiger partial charge is 0.171 e. The lowest BCUT2D eigenvalue weighted by molar-refractivity contribution is -0.135. The molecule has 0 aliphatic heterocycles. The van der Waals surface area contributed by atoms with Gasteiger partial charge in [-0.05, 0) is 29.5 Å². The predicted molar refractivity (Wildman–Crippen MR) is 178 cm³/mol. The van der Waals surface area contributed by atoms with Gasteiger partial charge in [0.2, 0.25) is 0 Å². The average molecular weight is 593 g/mol. The number of hydrogen-bond donors (Lipinski definition) is 0. The molecule has 0 spiro atoms. The summed E-state index contributed by atoms with van der Waals surface area (Å²) in [5.41, 5.74) is 4.02. The van der Waals surface area contributed by atoms with Crippen LogP contribution >= 0.6 is 0 Å². The monoisotopic (exact) mass is 592 g/mol. The maximum Gasteiger partial charge on any atom is 0.389 e. The maximum absolute atomic E-state index is 12.1. The third kappa shape index (κ3) is 13.3. The van der Waals surface area contributed by atoms with Gasteiger partial charge in [0.05, 0.1) is 0 Å². The molecule has 0 bridgehead atoms. The van der Waals surface area contributed by atoms with E-state index >= 15 is 0 Å². The van der Waals surface area contributed by atoms with E-state index in [2.05, 4.69) is 91.0 Å². The zero-order valence-electron chi connectivity index (χ0n) is 26.4. The van der Waals surface area contributed by atoms with Gasteiger partial charge in [-0.2, -0.15) is 13.2 Å². The topological polar surface area (TPSA) is 0 Å². The Labute approximate surface area is 260 Å². The minimum absolute atomic E-state index is 0.122. The molecule has 0 heterocycles. The summed E-state index contributed by atoms with van der Waals surface area (Å²) in [5.74, 6) is 0. The number of alkyl halides is 3. The Morgan fingerprint density at radius 2 is 0.535 bits per heavy atom. The van der Waals surface area contributed by atoms with Crippen molar-refractivity contribution in [3.8, 4) is 0 Å². The van der Waals surface area contributed by atoms with E-state index < -0.39 is 12.6 Å². The average Bonchev–Trinajstić information content (AvgIpc) is 3.03. The van der Waals surface area contributed by atoms with Gasteiger partial charge in [-0.1, -0.05) is 200 Å². The summed E-state index contributed by atoms with van der Waals surface area (Å²) in [7, 11) is 0. The molecule has 236 valence electrons. The molecule has 43 heavy (non-hydrogen) atoms. The summed E-state index contributed by atoms with van der Waals surface area (Å²) in [6.45, 7) is 0. The van der Waals surface area contributed by atoms with Gasteiger partial charge >= 0.3 is 6.18 Å². The van der Waals surface area contributed by atoms with Crippen molar-refractivity contribution in [2.45, 2.75) is 140 Å². The molecule has 0 radical (unpaired) electrons. The van der Waals surface area contributed by atoms with E-state index in [1.54, 1.807) is 0 Å². The minimum atomic E-state index is -3.98. The van der Waals surface area contributed by atoms with E-state index in [9.17, 15) is 13.2 Å². The first-order valence-electron chi connectivity index (χ1n) is 17.3. The Kier molecular flexibility index (Phi) is 16.6. The van der Waals surface area contributed by atoms with Gasteiger partial charge in [0.15, 0.2) is 0 Å². The van der Waals surface area contributed by atoms with E-state index in [4.69, 9.17) is 0 Å². The summed E-state index contributed by atoms with van der Waals surface area (Å²) in [5, 5.41) is 0. The SMILES string of the molecule is FC(F)(F)CCCCCCCCCCCCCCCCCCCCC(c1ccccc1)(c1ccccc1)c1ccccc1. The summed E-state index contributed by atoms with van der Waals surface area (Å²) in [6.07, 6.45) is 17.8. The van der Waals surface area contributed by atoms with E-state index in [1.807, 2.05) is 0 Å². The van der Waals surface area contributed by atoms with Crippen LogP contribution in [-0.4, -0.2) is 6.18 Å². The fraction of sp³-hybridized carbons (Fsp3) is 0.550. The van der Waals surface area contributed by atoms with E-state index in [0.717, 1.165) is 25.7 Å². The predicted octanol–water partition coefficient (Wildman–Crippen LogP) is 13.4. The molecular formula is C40H55F3. The first kappa shape index (κ1) is 34.9. The fourth-order valence-corrected chi connectivity index (χ4v) is 6.65. The zero-order valence-corrected chi connectivity index (χ0v) is 26.4. The van der Waals surface area contributed by atoms with Gasteiger partial charge in [0.1, 0.15) is 0 Å². The van der Waals surface area contributed by atoms with Crippen LogP contribution in [0.1, 0.15) is 145 Å². The van der Waals surface area contributed by atoms with Gasteiger partial charge in [0.25, 0.3) is 0 Å². The highest BCUT2D eigenvalue weighted by Crippen LogP contribution is 2.43. The second-order valence-corrected chi connectivity index (χ2v) is 12.5. The van der Waals surface area contributed by atoms with Crippen LogP contribution in [0.15, 0.2) is 91.0 Å². The zero-order chi connectivity index (χ0) is 30.5. The van der Waals surface area contributed by atoms with Crippen LogP contribution in [0.2, 0.25) is 0 Å². The molecule has 0 atom stereocenters. The van der Waals surface area contributed by atoms with Gasteiger partial charge in [-0.25, -0.2) is 0 Å². The van der Waals surface area contributed by atoms with Crippen LogP contribution in [0.25, 0.3) is 0 Å². The molecule has 0 aliphatic rings. The van der Waals surface area contributed by atoms with Crippen LogP contribution < -0.4 is 0 Å². The fourth-order valence-electron chi connectivity index (χ4n) is 6.65. The molecule has 0 saturated heterocycles. The standard InChI is InChI=1S/C40H55F3/c41-40(42,43)35-27-16-14-12-10-8-6-4-2-1-3-5-7-9-11-13-15-26-34-39(36-28-20-17-21-29-36,37-30-22-18-23-31-37)38-32-24-19-25-33-38/h17-25,28-33H,1-16,26-27,34-35H2. The molecule has 0 fully saturated rings. The normalized spacial score (nSPS) is 12.1. The first-order valence-corrected chi connectivity index (χ1v) is 17.3. The molecule has 3 heteroatoms.